The van der Waals surface area contributed by atoms with E-state index in [1.54, 1.807) is 27.7 Å². The second-order valence-electron chi connectivity index (χ2n) is 5.68. The number of hydrogen-bond donors (Lipinski definition) is 0. The molecule has 2 rings (SSSR count). The Morgan fingerprint density at radius 1 is 1.15 bits per heavy atom. The van der Waals surface area contributed by atoms with E-state index < -0.39 is 30.1 Å². The molecule has 0 unspecified atom stereocenters. The molecule has 1 aliphatic heterocycles. The first-order chi connectivity index (χ1) is 8.94. The van der Waals surface area contributed by atoms with Crippen LogP contribution in [0.5, 0.6) is 0 Å². The lowest BCUT2D eigenvalue weighted by Crippen LogP contribution is -2.41. The second kappa shape index (κ2) is 4.71. The molecule has 1 aromatic rings. The molecule has 0 amide bonds. The Morgan fingerprint density at radius 2 is 1.65 bits per heavy atom. The molecule has 110 valence electrons. The van der Waals surface area contributed by atoms with Gasteiger partial charge in [-0.05, 0) is 49.7 Å². The fraction of sp³-hybridized carbons (Fsp3) is 0.583. The minimum Gasteiger partial charge on any atom is -0.399 e. The van der Waals surface area contributed by atoms with E-state index in [1.165, 1.54) is 0 Å². The summed E-state index contributed by atoms with van der Waals surface area (Å²) in [6.45, 7) is 7.14. The number of aromatic nitrogens is 1. The van der Waals surface area contributed by atoms with Gasteiger partial charge in [0.25, 0.3) is 0 Å². The van der Waals surface area contributed by atoms with Gasteiger partial charge in [-0.2, -0.15) is 13.2 Å². The smallest absolute Gasteiger partial charge is 0.399 e. The van der Waals surface area contributed by atoms with Gasteiger partial charge in [-0.3, -0.25) is 0 Å². The standard InChI is InChI=1S/C12H14BBrF3NO2/c1-10(2)11(3,4)20-13(19-10)8-6-18-9(14)5-7(8)12(15,16)17/h5-6H,1-4H3. The highest BCUT2D eigenvalue weighted by molar-refractivity contribution is 9.10. The molecule has 0 bridgehead atoms. The number of hydrogen-bond acceptors (Lipinski definition) is 3. The van der Waals surface area contributed by atoms with Crippen LogP contribution in [-0.4, -0.2) is 23.3 Å². The molecule has 2 heterocycles. The second-order valence-corrected chi connectivity index (χ2v) is 6.49. The van der Waals surface area contributed by atoms with E-state index >= 15 is 0 Å². The molecule has 0 N–H and O–H groups in total. The van der Waals surface area contributed by atoms with Gasteiger partial charge in [0.1, 0.15) is 4.60 Å². The van der Waals surface area contributed by atoms with Crippen molar-refractivity contribution in [3.8, 4) is 0 Å². The lowest BCUT2D eigenvalue weighted by atomic mass is 9.77. The van der Waals surface area contributed by atoms with E-state index in [1.807, 2.05) is 0 Å². The lowest BCUT2D eigenvalue weighted by Gasteiger charge is -2.32. The predicted octanol–water partition coefficient (Wildman–Crippen LogP) is 3.16. The molecule has 1 fully saturated rings. The zero-order chi connectivity index (χ0) is 15.3. The van der Waals surface area contributed by atoms with E-state index in [4.69, 9.17) is 9.31 Å². The molecule has 0 saturated carbocycles. The summed E-state index contributed by atoms with van der Waals surface area (Å²) in [5.41, 5.74) is -2.32. The number of halogens is 4. The van der Waals surface area contributed by atoms with Crippen molar-refractivity contribution >= 4 is 28.5 Å². The number of pyridine rings is 1. The van der Waals surface area contributed by atoms with Crippen LogP contribution in [0.15, 0.2) is 16.9 Å². The topological polar surface area (TPSA) is 31.4 Å². The van der Waals surface area contributed by atoms with Crippen LogP contribution in [0.3, 0.4) is 0 Å². The van der Waals surface area contributed by atoms with Crippen molar-refractivity contribution in [2.45, 2.75) is 45.1 Å². The highest BCUT2D eigenvalue weighted by Crippen LogP contribution is 2.38. The third kappa shape index (κ3) is 2.73. The zero-order valence-electron chi connectivity index (χ0n) is 11.5. The van der Waals surface area contributed by atoms with Crippen LogP contribution in [0.25, 0.3) is 0 Å². The van der Waals surface area contributed by atoms with Gasteiger partial charge in [0.2, 0.25) is 0 Å². The Labute approximate surface area is 124 Å². The molecule has 0 atom stereocenters. The Kier molecular flexibility index (Phi) is 3.72. The summed E-state index contributed by atoms with van der Waals surface area (Å²) in [7, 11) is -1.09. The van der Waals surface area contributed by atoms with Crippen molar-refractivity contribution in [3.05, 3.63) is 22.4 Å². The minimum atomic E-state index is -4.50. The van der Waals surface area contributed by atoms with Gasteiger partial charge < -0.3 is 9.31 Å². The maximum absolute atomic E-state index is 13.1. The molecule has 3 nitrogen and oxygen atoms in total. The summed E-state index contributed by atoms with van der Waals surface area (Å²) in [6.07, 6.45) is -3.36. The van der Waals surface area contributed by atoms with Crippen LogP contribution in [0, 0.1) is 0 Å². The van der Waals surface area contributed by atoms with Gasteiger partial charge in [0, 0.05) is 11.7 Å². The van der Waals surface area contributed by atoms with Gasteiger partial charge in [-0.15, -0.1) is 0 Å². The number of alkyl halides is 3. The van der Waals surface area contributed by atoms with Crippen molar-refractivity contribution in [2.24, 2.45) is 0 Å². The highest BCUT2D eigenvalue weighted by atomic mass is 79.9. The molecule has 0 aromatic carbocycles. The first-order valence-electron chi connectivity index (χ1n) is 6.02. The fourth-order valence-electron chi connectivity index (χ4n) is 1.84. The quantitative estimate of drug-likeness (QED) is 0.575. The molecule has 0 aliphatic carbocycles. The van der Waals surface area contributed by atoms with E-state index in [0.29, 0.717) is 0 Å². The molecule has 8 heteroatoms. The average Bonchev–Trinajstić information content (AvgIpc) is 2.46. The predicted molar refractivity (Wildman–Crippen MR) is 72.7 cm³/mol. The Hall–Kier alpha value is -0.595. The Balaban J connectivity index is 2.46. The van der Waals surface area contributed by atoms with Crippen LogP contribution in [-0.2, 0) is 15.5 Å². The van der Waals surface area contributed by atoms with Crippen LogP contribution < -0.4 is 5.46 Å². The molecular formula is C12H14BBrF3NO2. The first kappa shape index (κ1) is 15.8. The first-order valence-corrected chi connectivity index (χ1v) is 6.82. The monoisotopic (exact) mass is 351 g/mol. The highest BCUT2D eigenvalue weighted by Gasteiger charge is 2.53. The lowest BCUT2D eigenvalue weighted by molar-refractivity contribution is -0.137. The van der Waals surface area contributed by atoms with E-state index in [-0.39, 0.29) is 10.1 Å². The van der Waals surface area contributed by atoms with Crippen LogP contribution in [0.1, 0.15) is 33.3 Å². The molecular weight excluding hydrogens is 338 g/mol. The van der Waals surface area contributed by atoms with Crippen LogP contribution >= 0.6 is 15.9 Å². The summed E-state index contributed by atoms with van der Waals surface area (Å²) in [6, 6.07) is 0.931. The molecule has 1 aliphatic rings. The average molecular weight is 352 g/mol. The van der Waals surface area contributed by atoms with Crippen molar-refractivity contribution in [1.82, 2.24) is 4.98 Å². The Bertz CT molecular complexity index is 518. The SMILES string of the molecule is CC1(C)OB(c2cnc(Br)cc2C(F)(F)F)OC1(C)C. The summed E-state index contributed by atoms with van der Waals surface area (Å²) in [4.78, 5) is 3.85. The van der Waals surface area contributed by atoms with Crippen molar-refractivity contribution < 1.29 is 22.5 Å². The van der Waals surface area contributed by atoms with Crippen molar-refractivity contribution in [3.63, 3.8) is 0 Å². The Morgan fingerprint density at radius 3 is 2.10 bits per heavy atom. The van der Waals surface area contributed by atoms with E-state index in [0.717, 1.165) is 12.3 Å². The van der Waals surface area contributed by atoms with Gasteiger partial charge in [-0.1, -0.05) is 0 Å². The number of nitrogens with zero attached hydrogens (tertiary/aromatic N) is 1. The molecule has 0 spiro atoms. The molecule has 20 heavy (non-hydrogen) atoms. The van der Waals surface area contributed by atoms with E-state index in [2.05, 4.69) is 20.9 Å². The molecule has 1 saturated heterocycles. The third-order valence-electron chi connectivity index (χ3n) is 3.71. The summed E-state index contributed by atoms with van der Waals surface area (Å²) in [5.74, 6) is 0. The van der Waals surface area contributed by atoms with Gasteiger partial charge in [0.15, 0.2) is 0 Å². The third-order valence-corrected chi connectivity index (χ3v) is 4.15. The summed E-state index contributed by atoms with van der Waals surface area (Å²) >= 11 is 2.95. The number of rotatable bonds is 1. The van der Waals surface area contributed by atoms with Gasteiger partial charge >= 0.3 is 13.3 Å². The van der Waals surface area contributed by atoms with Gasteiger partial charge in [-0.25, -0.2) is 4.98 Å². The fourth-order valence-corrected chi connectivity index (χ4v) is 2.18. The molecule has 0 radical (unpaired) electrons. The molecule has 1 aromatic heterocycles. The van der Waals surface area contributed by atoms with Crippen molar-refractivity contribution in [1.29, 1.82) is 0 Å². The minimum absolute atomic E-state index is 0.112. The summed E-state index contributed by atoms with van der Waals surface area (Å²) < 4.78 is 50.7. The maximum Gasteiger partial charge on any atom is 0.497 e. The zero-order valence-corrected chi connectivity index (χ0v) is 13.1. The van der Waals surface area contributed by atoms with Crippen LogP contribution in [0.2, 0.25) is 0 Å². The summed E-state index contributed by atoms with van der Waals surface area (Å²) in [5, 5.41) is 0. The largest absolute Gasteiger partial charge is 0.497 e. The van der Waals surface area contributed by atoms with Crippen LogP contribution in [0.4, 0.5) is 13.2 Å². The normalized spacial score (nSPS) is 21.3. The van der Waals surface area contributed by atoms with Crippen molar-refractivity contribution in [2.75, 3.05) is 0 Å². The maximum atomic E-state index is 13.1. The van der Waals surface area contributed by atoms with E-state index in [9.17, 15) is 13.2 Å². The van der Waals surface area contributed by atoms with Gasteiger partial charge in [0.05, 0.1) is 16.8 Å².